The van der Waals surface area contributed by atoms with Crippen LogP contribution in [0, 0.1) is 11.3 Å². The van der Waals surface area contributed by atoms with Gasteiger partial charge in [0.05, 0.1) is 17.5 Å². The molecule has 0 aliphatic carbocycles. The highest BCUT2D eigenvalue weighted by Crippen LogP contribution is 2.02. The van der Waals surface area contributed by atoms with Gasteiger partial charge in [0.25, 0.3) is 0 Å². The van der Waals surface area contributed by atoms with Gasteiger partial charge in [0.2, 0.25) is 0 Å². The number of pyridine rings is 1. The first kappa shape index (κ1) is 7.29. The monoisotopic (exact) mass is 145 g/mol. The van der Waals surface area contributed by atoms with Crippen LogP contribution in [-0.2, 0) is 0 Å². The van der Waals surface area contributed by atoms with Crippen LogP contribution in [0.2, 0.25) is 0 Å². The zero-order chi connectivity index (χ0) is 8.10. The molecule has 3 nitrogen and oxygen atoms in total. The quantitative estimate of drug-likeness (QED) is 0.597. The fraction of sp³-hybridized carbons (Fsp3) is 0. The smallest absolute Gasteiger partial charge is 0.0934 e. The van der Waals surface area contributed by atoms with Gasteiger partial charge in [-0.25, -0.2) is 0 Å². The number of nitriles is 1. The molecule has 54 valence electrons. The van der Waals surface area contributed by atoms with E-state index in [-0.39, 0.29) is 0 Å². The van der Waals surface area contributed by atoms with Crippen molar-refractivity contribution in [1.82, 2.24) is 4.98 Å². The third-order valence-corrected chi connectivity index (χ3v) is 1.18. The minimum atomic E-state index is 0.396. The summed E-state index contributed by atoms with van der Waals surface area (Å²) in [6, 6.07) is 7.21. The summed E-state index contributed by atoms with van der Waals surface area (Å²) in [5.74, 6) is 0. The van der Waals surface area contributed by atoms with Crippen molar-refractivity contribution < 1.29 is 0 Å². The van der Waals surface area contributed by atoms with E-state index in [1.165, 1.54) is 6.08 Å². The first-order valence-corrected chi connectivity index (χ1v) is 3.11. The first-order chi connectivity index (χ1) is 5.34. The standard InChI is InChI=1S/C8H7N3/c9-5-4-7(10)8-3-1-2-6-11-8/h1-4,6H,10H2/b7-4+. The Morgan fingerprint density at radius 1 is 1.64 bits per heavy atom. The fourth-order valence-corrected chi connectivity index (χ4v) is 0.677. The molecular formula is C8H7N3. The molecule has 0 aliphatic rings. The molecule has 0 aromatic carbocycles. The Bertz CT molecular complexity index is 295. The Hall–Kier alpha value is -1.82. The van der Waals surface area contributed by atoms with Gasteiger partial charge in [0.1, 0.15) is 0 Å². The van der Waals surface area contributed by atoms with Crippen molar-refractivity contribution >= 4 is 5.70 Å². The van der Waals surface area contributed by atoms with Gasteiger partial charge in [-0.3, -0.25) is 4.98 Å². The Labute approximate surface area is 64.8 Å². The molecule has 0 radical (unpaired) electrons. The number of aromatic nitrogens is 1. The van der Waals surface area contributed by atoms with E-state index in [0.717, 1.165) is 0 Å². The number of hydrogen-bond acceptors (Lipinski definition) is 3. The number of rotatable bonds is 1. The first-order valence-electron chi connectivity index (χ1n) is 3.11. The highest BCUT2D eigenvalue weighted by atomic mass is 14.7. The van der Waals surface area contributed by atoms with Crippen molar-refractivity contribution in [3.05, 3.63) is 36.2 Å². The predicted octanol–water partition coefficient (Wildman–Crippen LogP) is 0.905. The summed E-state index contributed by atoms with van der Waals surface area (Å²) in [6.07, 6.45) is 2.90. The highest BCUT2D eigenvalue weighted by Gasteiger charge is 1.93. The van der Waals surface area contributed by atoms with Gasteiger partial charge in [0.15, 0.2) is 0 Å². The van der Waals surface area contributed by atoms with Crippen LogP contribution in [0.4, 0.5) is 0 Å². The molecule has 0 bridgehead atoms. The molecular weight excluding hydrogens is 138 g/mol. The molecule has 1 aromatic heterocycles. The lowest BCUT2D eigenvalue weighted by Crippen LogP contribution is -1.97. The molecule has 0 saturated heterocycles. The van der Waals surface area contributed by atoms with E-state index >= 15 is 0 Å². The van der Waals surface area contributed by atoms with Crippen molar-refractivity contribution in [1.29, 1.82) is 5.26 Å². The van der Waals surface area contributed by atoms with Crippen LogP contribution in [0.5, 0.6) is 0 Å². The summed E-state index contributed by atoms with van der Waals surface area (Å²) < 4.78 is 0. The van der Waals surface area contributed by atoms with Crippen molar-refractivity contribution in [2.45, 2.75) is 0 Å². The van der Waals surface area contributed by atoms with Crippen molar-refractivity contribution in [3.8, 4) is 6.07 Å². The summed E-state index contributed by atoms with van der Waals surface area (Å²) in [7, 11) is 0. The molecule has 0 saturated carbocycles. The van der Waals surface area contributed by atoms with Crippen LogP contribution in [0.25, 0.3) is 5.70 Å². The molecule has 0 amide bonds. The summed E-state index contributed by atoms with van der Waals surface area (Å²) in [6.45, 7) is 0. The average Bonchev–Trinajstić information content (AvgIpc) is 2.07. The van der Waals surface area contributed by atoms with E-state index in [9.17, 15) is 0 Å². The van der Waals surface area contributed by atoms with Crippen molar-refractivity contribution in [2.75, 3.05) is 0 Å². The molecule has 0 fully saturated rings. The van der Waals surface area contributed by atoms with E-state index in [1.807, 2.05) is 12.1 Å². The molecule has 1 heterocycles. The maximum absolute atomic E-state index is 8.26. The van der Waals surface area contributed by atoms with Gasteiger partial charge < -0.3 is 5.73 Å². The number of nitrogens with two attached hydrogens (primary N) is 1. The van der Waals surface area contributed by atoms with Gasteiger partial charge in [-0.05, 0) is 12.1 Å². The van der Waals surface area contributed by atoms with Gasteiger partial charge >= 0.3 is 0 Å². The molecule has 0 aliphatic heterocycles. The molecule has 0 atom stereocenters. The van der Waals surface area contributed by atoms with Crippen molar-refractivity contribution in [3.63, 3.8) is 0 Å². The van der Waals surface area contributed by atoms with E-state index < -0.39 is 0 Å². The molecule has 1 rings (SSSR count). The van der Waals surface area contributed by atoms with Gasteiger partial charge in [0, 0.05) is 12.3 Å². The maximum Gasteiger partial charge on any atom is 0.0934 e. The normalized spacial score (nSPS) is 10.6. The Morgan fingerprint density at radius 3 is 3.00 bits per heavy atom. The van der Waals surface area contributed by atoms with Crippen LogP contribution < -0.4 is 5.73 Å². The Balaban J connectivity index is 2.96. The Morgan fingerprint density at radius 2 is 2.45 bits per heavy atom. The van der Waals surface area contributed by atoms with Gasteiger partial charge in [-0.2, -0.15) is 5.26 Å². The summed E-state index contributed by atoms with van der Waals surface area (Å²) in [4.78, 5) is 3.95. The summed E-state index contributed by atoms with van der Waals surface area (Å²) in [5, 5.41) is 8.26. The third-order valence-electron chi connectivity index (χ3n) is 1.18. The highest BCUT2D eigenvalue weighted by molar-refractivity contribution is 5.61. The number of allylic oxidation sites excluding steroid dienone is 1. The van der Waals surface area contributed by atoms with Crippen LogP contribution in [0.1, 0.15) is 5.69 Å². The van der Waals surface area contributed by atoms with Crippen LogP contribution >= 0.6 is 0 Å². The second kappa shape index (κ2) is 3.37. The lowest BCUT2D eigenvalue weighted by molar-refractivity contribution is 1.26. The minimum Gasteiger partial charge on any atom is -0.396 e. The lowest BCUT2D eigenvalue weighted by Gasteiger charge is -1.95. The largest absolute Gasteiger partial charge is 0.396 e. The second-order valence-corrected chi connectivity index (χ2v) is 1.94. The predicted molar refractivity (Wildman–Crippen MR) is 42.0 cm³/mol. The van der Waals surface area contributed by atoms with Gasteiger partial charge in [-0.15, -0.1) is 0 Å². The summed E-state index contributed by atoms with van der Waals surface area (Å²) >= 11 is 0. The molecule has 11 heavy (non-hydrogen) atoms. The topological polar surface area (TPSA) is 62.7 Å². The summed E-state index contributed by atoms with van der Waals surface area (Å²) in [5.41, 5.74) is 6.51. The zero-order valence-corrected chi connectivity index (χ0v) is 5.86. The molecule has 0 spiro atoms. The average molecular weight is 145 g/mol. The fourth-order valence-electron chi connectivity index (χ4n) is 0.677. The van der Waals surface area contributed by atoms with E-state index in [2.05, 4.69) is 4.98 Å². The number of hydrogen-bond donors (Lipinski definition) is 1. The molecule has 0 unspecified atom stereocenters. The zero-order valence-electron chi connectivity index (χ0n) is 5.86. The third kappa shape index (κ3) is 1.80. The SMILES string of the molecule is N#C/C=C(/N)c1ccccn1. The lowest BCUT2D eigenvalue weighted by atomic mass is 10.3. The number of nitrogens with zero attached hydrogens (tertiary/aromatic N) is 2. The van der Waals surface area contributed by atoms with E-state index in [0.29, 0.717) is 11.4 Å². The maximum atomic E-state index is 8.26. The molecule has 1 aromatic rings. The Kier molecular flexibility index (Phi) is 2.24. The van der Waals surface area contributed by atoms with E-state index in [1.54, 1.807) is 18.3 Å². The second-order valence-electron chi connectivity index (χ2n) is 1.94. The van der Waals surface area contributed by atoms with Crippen LogP contribution in [0.15, 0.2) is 30.5 Å². The van der Waals surface area contributed by atoms with Gasteiger partial charge in [-0.1, -0.05) is 6.07 Å². The van der Waals surface area contributed by atoms with E-state index in [4.69, 9.17) is 11.0 Å². The molecule has 3 heteroatoms. The molecule has 2 N–H and O–H groups in total. The van der Waals surface area contributed by atoms with Crippen LogP contribution in [0.3, 0.4) is 0 Å². The van der Waals surface area contributed by atoms with Crippen molar-refractivity contribution in [2.24, 2.45) is 5.73 Å². The van der Waals surface area contributed by atoms with Crippen LogP contribution in [-0.4, -0.2) is 4.98 Å². The minimum absolute atomic E-state index is 0.396.